The Balaban J connectivity index is 1.90. The van der Waals surface area contributed by atoms with Crippen molar-refractivity contribution < 1.29 is 5.11 Å². The molecular weight excluding hydrogens is 268 g/mol. The van der Waals surface area contributed by atoms with Crippen molar-refractivity contribution in [2.24, 2.45) is 0 Å². The smallest absolute Gasteiger partial charge is 0.193 e. The van der Waals surface area contributed by atoms with Gasteiger partial charge in [-0.15, -0.1) is 11.3 Å². The molecule has 0 fully saturated rings. The second-order valence-corrected chi connectivity index (χ2v) is 6.45. The van der Waals surface area contributed by atoms with Gasteiger partial charge in [0.1, 0.15) is 0 Å². The molecule has 3 rings (SSSR count). The molecule has 3 nitrogen and oxygen atoms in total. The Morgan fingerprint density at radius 3 is 2.80 bits per heavy atom. The third kappa shape index (κ3) is 2.37. The van der Waals surface area contributed by atoms with Crippen LogP contribution in [0, 0.1) is 13.8 Å². The maximum atomic E-state index is 10.8. The highest BCUT2D eigenvalue weighted by Gasteiger charge is 2.25. The zero-order valence-electron chi connectivity index (χ0n) is 11.9. The van der Waals surface area contributed by atoms with Crippen LogP contribution in [0.4, 0.5) is 0 Å². The minimum absolute atomic E-state index is 0.518. The normalized spacial score (nSPS) is 14.6. The summed E-state index contributed by atoms with van der Waals surface area (Å²) in [5.41, 5.74) is 3.40. The van der Waals surface area contributed by atoms with Gasteiger partial charge in [-0.2, -0.15) is 0 Å². The van der Waals surface area contributed by atoms with Crippen LogP contribution in [0.3, 0.4) is 0 Å². The maximum Gasteiger partial charge on any atom is 0.193 e. The molecule has 0 radical (unpaired) electrons. The highest BCUT2D eigenvalue weighted by Crippen LogP contribution is 2.27. The third-order valence-corrected chi connectivity index (χ3v) is 4.57. The fourth-order valence-electron chi connectivity index (χ4n) is 2.39. The Bertz CT molecular complexity index is 726. The number of benzene rings is 1. The topological polar surface area (TPSA) is 37.5 Å². The van der Waals surface area contributed by atoms with Gasteiger partial charge in [-0.05, 0) is 37.5 Å². The lowest BCUT2D eigenvalue weighted by atomic mass is 9.89. The zero-order valence-corrected chi connectivity index (χ0v) is 12.7. The molecule has 3 aromatic rings. The van der Waals surface area contributed by atoms with Crippen molar-refractivity contribution >= 4 is 16.3 Å². The first-order valence-electron chi connectivity index (χ1n) is 6.67. The van der Waals surface area contributed by atoms with E-state index in [0.717, 1.165) is 16.2 Å². The summed E-state index contributed by atoms with van der Waals surface area (Å²) in [7, 11) is 0. The summed E-state index contributed by atoms with van der Waals surface area (Å²) in [5.74, 6) is 0. The molecule has 0 saturated heterocycles. The lowest BCUT2D eigenvalue weighted by Crippen LogP contribution is -2.24. The summed E-state index contributed by atoms with van der Waals surface area (Å²) in [6.07, 6.45) is 4.49. The summed E-state index contributed by atoms with van der Waals surface area (Å²) >= 11 is 1.60. The first kappa shape index (κ1) is 13.3. The van der Waals surface area contributed by atoms with E-state index < -0.39 is 5.60 Å². The van der Waals surface area contributed by atoms with Gasteiger partial charge >= 0.3 is 0 Å². The van der Waals surface area contributed by atoms with E-state index in [2.05, 4.69) is 31.0 Å². The Labute approximate surface area is 122 Å². The quantitative estimate of drug-likeness (QED) is 0.800. The molecule has 20 heavy (non-hydrogen) atoms. The second-order valence-electron chi connectivity index (χ2n) is 5.57. The van der Waals surface area contributed by atoms with E-state index in [9.17, 15) is 5.11 Å². The summed E-state index contributed by atoms with van der Waals surface area (Å²) in [4.78, 5) is 5.51. The van der Waals surface area contributed by atoms with Crippen LogP contribution in [0.25, 0.3) is 4.96 Å². The Kier molecular flexibility index (Phi) is 3.15. The minimum Gasteiger partial charge on any atom is -0.385 e. The van der Waals surface area contributed by atoms with E-state index >= 15 is 0 Å². The Morgan fingerprint density at radius 2 is 2.10 bits per heavy atom. The summed E-state index contributed by atoms with van der Waals surface area (Å²) in [5, 5.41) is 12.8. The van der Waals surface area contributed by atoms with Crippen LogP contribution in [-0.4, -0.2) is 14.5 Å². The van der Waals surface area contributed by atoms with Crippen LogP contribution in [0.2, 0.25) is 0 Å². The van der Waals surface area contributed by atoms with Gasteiger partial charge in [0.15, 0.2) is 4.96 Å². The van der Waals surface area contributed by atoms with Gasteiger partial charge in [0.25, 0.3) is 0 Å². The zero-order chi connectivity index (χ0) is 14.3. The number of aryl methyl sites for hydroxylation is 2. The van der Waals surface area contributed by atoms with Crippen molar-refractivity contribution in [2.75, 3.05) is 0 Å². The van der Waals surface area contributed by atoms with Crippen LogP contribution >= 0.6 is 11.3 Å². The number of aliphatic hydroxyl groups is 1. The fraction of sp³-hybridized carbons (Fsp3) is 0.312. The summed E-state index contributed by atoms with van der Waals surface area (Å²) < 4.78 is 2.00. The van der Waals surface area contributed by atoms with E-state index in [1.165, 1.54) is 11.1 Å². The van der Waals surface area contributed by atoms with Gasteiger partial charge in [0.2, 0.25) is 0 Å². The predicted octanol–water partition coefficient (Wildman–Crippen LogP) is 3.46. The average molecular weight is 286 g/mol. The van der Waals surface area contributed by atoms with Crippen molar-refractivity contribution in [1.29, 1.82) is 0 Å². The molecule has 4 heteroatoms. The Morgan fingerprint density at radius 1 is 1.30 bits per heavy atom. The number of imidazole rings is 1. The van der Waals surface area contributed by atoms with E-state index in [1.54, 1.807) is 11.3 Å². The highest BCUT2D eigenvalue weighted by molar-refractivity contribution is 7.15. The van der Waals surface area contributed by atoms with E-state index in [-0.39, 0.29) is 0 Å². The lowest BCUT2D eigenvalue weighted by molar-refractivity contribution is 0.0566. The number of aromatic nitrogens is 2. The first-order chi connectivity index (χ1) is 9.45. The van der Waals surface area contributed by atoms with Crippen LogP contribution < -0.4 is 0 Å². The molecule has 0 aliphatic carbocycles. The molecule has 1 aromatic carbocycles. The van der Waals surface area contributed by atoms with Crippen molar-refractivity contribution in [3.63, 3.8) is 0 Å². The SMILES string of the molecule is Cc1ccc(C(C)(O)Cc2cn3ccsc3n2)cc1C. The van der Waals surface area contributed by atoms with Gasteiger partial charge in [0, 0.05) is 24.2 Å². The molecule has 0 aliphatic rings. The number of rotatable bonds is 3. The van der Waals surface area contributed by atoms with E-state index in [0.29, 0.717) is 6.42 Å². The van der Waals surface area contributed by atoms with Crippen molar-refractivity contribution in [3.8, 4) is 0 Å². The first-order valence-corrected chi connectivity index (χ1v) is 7.55. The van der Waals surface area contributed by atoms with Crippen LogP contribution in [0.5, 0.6) is 0 Å². The number of fused-ring (bicyclic) bond motifs is 1. The molecule has 104 valence electrons. The molecule has 2 heterocycles. The highest BCUT2D eigenvalue weighted by atomic mass is 32.1. The van der Waals surface area contributed by atoms with E-state index in [1.807, 2.05) is 35.2 Å². The minimum atomic E-state index is -0.900. The largest absolute Gasteiger partial charge is 0.385 e. The molecule has 1 unspecified atom stereocenters. The Hall–Kier alpha value is -1.65. The van der Waals surface area contributed by atoms with Crippen LogP contribution in [0.1, 0.15) is 29.3 Å². The van der Waals surface area contributed by atoms with Gasteiger partial charge < -0.3 is 5.11 Å². The predicted molar refractivity (Wildman–Crippen MR) is 82.3 cm³/mol. The van der Waals surface area contributed by atoms with Gasteiger partial charge in [-0.1, -0.05) is 18.2 Å². The molecule has 1 N–H and O–H groups in total. The number of thiazole rings is 1. The van der Waals surface area contributed by atoms with Gasteiger partial charge in [-0.3, -0.25) is 4.40 Å². The molecular formula is C16H18N2OS. The number of nitrogens with zero attached hydrogens (tertiary/aromatic N) is 2. The lowest BCUT2D eigenvalue weighted by Gasteiger charge is -2.23. The molecule has 1 atom stereocenters. The molecule has 0 amide bonds. The van der Waals surface area contributed by atoms with Crippen LogP contribution in [0.15, 0.2) is 36.0 Å². The molecule has 0 aliphatic heterocycles. The van der Waals surface area contributed by atoms with Crippen molar-refractivity contribution in [3.05, 3.63) is 58.4 Å². The fourth-order valence-corrected chi connectivity index (χ4v) is 3.11. The van der Waals surface area contributed by atoms with Gasteiger partial charge in [-0.25, -0.2) is 4.98 Å². The van der Waals surface area contributed by atoms with Crippen LogP contribution in [-0.2, 0) is 12.0 Å². The van der Waals surface area contributed by atoms with Gasteiger partial charge in [0.05, 0.1) is 11.3 Å². The molecule has 0 spiro atoms. The molecule has 0 bridgehead atoms. The number of hydrogen-bond acceptors (Lipinski definition) is 3. The maximum absolute atomic E-state index is 10.8. The second kappa shape index (κ2) is 4.72. The van der Waals surface area contributed by atoms with E-state index in [4.69, 9.17) is 0 Å². The third-order valence-electron chi connectivity index (χ3n) is 3.80. The molecule has 0 saturated carbocycles. The van der Waals surface area contributed by atoms with Crippen molar-refractivity contribution in [1.82, 2.24) is 9.38 Å². The summed E-state index contributed by atoms with van der Waals surface area (Å²) in [6.45, 7) is 6.00. The van der Waals surface area contributed by atoms with Crippen molar-refractivity contribution in [2.45, 2.75) is 32.8 Å². The average Bonchev–Trinajstić information content (AvgIpc) is 2.92. The monoisotopic (exact) mass is 286 g/mol. The standard InChI is InChI=1S/C16H18N2OS/c1-11-4-5-13(8-12(11)2)16(3,19)9-14-10-18-6-7-20-15(18)17-14/h4-8,10,19H,9H2,1-3H3. The summed E-state index contributed by atoms with van der Waals surface area (Å²) in [6, 6.07) is 6.12. The number of hydrogen-bond donors (Lipinski definition) is 1. The molecule has 2 aromatic heterocycles.